The molecule has 0 saturated heterocycles. The number of hydrogen-bond donors (Lipinski definition) is 0. The van der Waals surface area contributed by atoms with Crippen LogP contribution in [0.25, 0.3) is 0 Å². The van der Waals surface area contributed by atoms with Gasteiger partial charge in [-0.15, -0.1) is 0 Å². The molecule has 2 aromatic rings. The molecule has 0 aliphatic carbocycles. The van der Waals surface area contributed by atoms with E-state index in [0.29, 0.717) is 5.92 Å². The third-order valence-corrected chi connectivity index (χ3v) is 3.78. The largest absolute Gasteiger partial charge is 0.0645 e. The fraction of sp³-hybridized carbons (Fsp3) is 0.333. The molecule has 2 aromatic carbocycles. The third-order valence-electron chi connectivity index (χ3n) is 3.78. The lowest BCUT2D eigenvalue weighted by atomic mass is 9.84. The molecule has 0 nitrogen and oxygen atoms in total. The minimum absolute atomic E-state index is 0.530. The summed E-state index contributed by atoms with van der Waals surface area (Å²) in [7, 11) is 0. The van der Waals surface area contributed by atoms with Gasteiger partial charge in [0, 0.05) is 5.92 Å². The highest BCUT2D eigenvalue weighted by Gasteiger charge is 2.16. The van der Waals surface area contributed by atoms with Crippen LogP contribution in [0, 0.1) is 6.92 Å². The van der Waals surface area contributed by atoms with Gasteiger partial charge in [0.25, 0.3) is 0 Å². The fourth-order valence-corrected chi connectivity index (χ4v) is 2.78. The zero-order chi connectivity index (χ0) is 13.0. The van der Waals surface area contributed by atoms with Crippen LogP contribution in [0.15, 0.2) is 48.5 Å². The number of hydrogen-bond acceptors (Lipinski definition) is 0. The van der Waals surface area contributed by atoms with Crippen LogP contribution in [0.4, 0.5) is 0 Å². The zero-order valence-electron chi connectivity index (χ0n) is 11.6. The maximum absolute atomic E-state index is 2.29. The summed E-state index contributed by atoms with van der Waals surface area (Å²) in [6.07, 6.45) is 2.26. The van der Waals surface area contributed by atoms with Gasteiger partial charge < -0.3 is 0 Å². The van der Waals surface area contributed by atoms with E-state index in [2.05, 4.69) is 69.3 Å². The lowest BCUT2D eigenvalue weighted by Crippen LogP contribution is -2.05. The Morgan fingerprint density at radius 1 is 0.833 bits per heavy atom. The summed E-state index contributed by atoms with van der Waals surface area (Å²) < 4.78 is 0. The van der Waals surface area contributed by atoms with E-state index in [1.165, 1.54) is 22.3 Å². The first-order chi connectivity index (χ1) is 8.77. The van der Waals surface area contributed by atoms with Crippen LogP contribution in [0.3, 0.4) is 0 Å². The first-order valence-corrected chi connectivity index (χ1v) is 6.91. The summed E-state index contributed by atoms with van der Waals surface area (Å²) in [4.78, 5) is 0. The number of aryl methyl sites for hydroxylation is 2. The molecule has 0 saturated carbocycles. The molecule has 0 heteroatoms. The van der Waals surface area contributed by atoms with Gasteiger partial charge in [-0.05, 0) is 42.0 Å². The Kier molecular flexibility index (Phi) is 4.19. The summed E-state index contributed by atoms with van der Waals surface area (Å²) in [6.45, 7) is 6.74. The van der Waals surface area contributed by atoms with Crippen LogP contribution in [0.2, 0.25) is 0 Å². The standard InChI is InChI=1S/C18H22/c1-4-15-11-7-9-13-18(15)16(5-2)17-12-8-6-10-14(17)3/h6-13,16H,4-5H2,1-3H3. The third kappa shape index (κ3) is 2.48. The average molecular weight is 238 g/mol. The van der Waals surface area contributed by atoms with E-state index in [1.54, 1.807) is 0 Å². The summed E-state index contributed by atoms with van der Waals surface area (Å²) in [5.74, 6) is 0.530. The minimum atomic E-state index is 0.530. The summed E-state index contributed by atoms with van der Waals surface area (Å²) >= 11 is 0. The Balaban J connectivity index is 2.49. The predicted octanol–water partition coefficient (Wildman–Crippen LogP) is 5.10. The lowest BCUT2D eigenvalue weighted by molar-refractivity contribution is 0.760. The molecule has 2 rings (SSSR count). The number of rotatable bonds is 4. The molecule has 0 fully saturated rings. The van der Waals surface area contributed by atoms with Crippen LogP contribution < -0.4 is 0 Å². The van der Waals surface area contributed by atoms with Gasteiger partial charge in [0.2, 0.25) is 0 Å². The Morgan fingerprint density at radius 3 is 2.06 bits per heavy atom. The van der Waals surface area contributed by atoms with Gasteiger partial charge >= 0.3 is 0 Å². The SMILES string of the molecule is CCc1ccccc1C(CC)c1ccccc1C. The van der Waals surface area contributed by atoms with Gasteiger partial charge in [0.1, 0.15) is 0 Å². The van der Waals surface area contributed by atoms with E-state index >= 15 is 0 Å². The summed E-state index contributed by atoms with van der Waals surface area (Å²) in [5, 5.41) is 0. The van der Waals surface area contributed by atoms with Crippen molar-refractivity contribution < 1.29 is 0 Å². The van der Waals surface area contributed by atoms with Gasteiger partial charge in [-0.2, -0.15) is 0 Å². The second kappa shape index (κ2) is 5.86. The normalized spacial score (nSPS) is 12.4. The van der Waals surface area contributed by atoms with Crippen LogP contribution >= 0.6 is 0 Å². The Hall–Kier alpha value is -1.56. The maximum Gasteiger partial charge on any atom is 0.00920 e. The first-order valence-electron chi connectivity index (χ1n) is 6.91. The molecular formula is C18H22. The second-order valence-corrected chi connectivity index (χ2v) is 4.87. The molecule has 0 radical (unpaired) electrons. The van der Waals surface area contributed by atoms with Gasteiger partial charge in [0.15, 0.2) is 0 Å². The van der Waals surface area contributed by atoms with Gasteiger partial charge in [-0.25, -0.2) is 0 Å². The number of benzene rings is 2. The van der Waals surface area contributed by atoms with Crippen molar-refractivity contribution in [2.24, 2.45) is 0 Å². The van der Waals surface area contributed by atoms with Crippen molar-refractivity contribution in [3.05, 3.63) is 70.8 Å². The summed E-state index contributed by atoms with van der Waals surface area (Å²) in [6, 6.07) is 17.6. The molecule has 0 aliphatic heterocycles. The molecule has 0 spiro atoms. The van der Waals surface area contributed by atoms with E-state index in [4.69, 9.17) is 0 Å². The molecular weight excluding hydrogens is 216 g/mol. The molecule has 0 bridgehead atoms. The second-order valence-electron chi connectivity index (χ2n) is 4.87. The topological polar surface area (TPSA) is 0 Å². The smallest absolute Gasteiger partial charge is 0.00920 e. The summed E-state index contributed by atoms with van der Waals surface area (Å²) in [5.41, 5.74) is 5.85. The van der Waals surface area contributed by atoms with Gasteiger partial charge in [-0.3, -0.25) is 0 Å². The quantitative estimate of drug-likeness (QED) is 0.695. The van der Waals surface area contributed by atoms with Crippen molar-refractivity contribution >= 4 is 0 Å². The molecule has 94 valence electrons. The van der Waals surface area contributed by atoms with Crippen molar-refractivity contribution in [2.75, 3.05) is 0 Å². The monoisotopic (exact) mass is 238 g/mol. The van der Waals surface area contributed by atoms with Crippen molar-refractivity contribution in [3.63, 3.8) is 0 Å². The van der Waals surface area contributed by atoms with Crippen molar-refractivity contribution in [1.82, 2.24) is 0 Å². The van der Waals surface area contributed by atoms with E-state index in [1.807, 2.05) is 0 Å². The maximum atomic E-state index is 2.29. The first kappa shape index (κ1) is 12.9. The molecule has 0 N–H and O–H groups in total. The van der Waals surface area contributed by atoms with Crippen LogP contribution in [-0.2, 0) is 6.42 Å². The van der Waals surface area contributed by atoms with Crippen molar-refractivity contribution in [3.8, 4) is 0 Å². The molecule has 0 aromatic heterocycles. The van der Waals surface area contributed by atoms with E-state index in [-0.39, 0.29) is 0 Å². The molecule has 0 heterocycles. The molecule has 1 unspecified atom stereocenters. The zero-order valence-corrected chi connectivity index (χ0v) is 11.6. The highest BCUT2D eigenvalue weighted by atomic mass is 14.2. The average Bonchev–Trinajstić information content (AvgIpc) is 2.42. The van der Waals surface area contributed by atoms with E-state index < -0.39 is 0 Å². The Morgan fingerprint density at radius 2 is 1.44 bits per heavy atom. The van der Waals surface area contributed by atoms with Crippen LogP contribution in [0.5, 0.6) is 0 Å². The molecule has 0 aliphatic rings. The lowest BCUT2D eigenvalue weighted by Gasteiger charge is -2.21. The van der Waals surface area contributed by atoms with E-state index in [9.17, 15) is 0 Å². The van der Waals surface area contributed by atoms with Gasteiger partial charge in [0.05, 0.1) is 0 Å². The predicted molar refractivity (Wildman–Crippen MR) is 79.1 cm³/mol. The molecule has 1 atom stereocenters. The minimum Gasteiger partial charge on any atom is -0.0645 e. The van der Waals surface area contributed by atoms with E-state index in [0.717, 1.165) is 12.8 Å². The fourth-order valence-electron chi connectivity index (χ4n) is 2.78. The Labute approximate surface area is 111 Å². The molecule has 18 heavy (non-hydrogen) atoms. The molecule has 0 amide bonds. The highest BCUT2D eigenvalue weighted by Crippen LogP contribution is 2.32. The van der Waals surface area contributed by atoms with Crippen LogP contribution in [-0.4, -0.2) is 0 Å². The van der Waals surface area contributed by atoms with Crippen molar-refractivity contribution in [1.29, 1.82) is 0 Å². The van der Waals surface area contributed by atoms with Crippen LogP contribution in [0.1, 0.15) is 48.4 Å². The highest BCUT2D eigenvalue weighted by molar-refractivity contribution is 5.41. The van der Waals surface area contributed by atoms with Gasteiger partial charge in [-0.1, -0.05) is 62.4 Å². The van der Waals surface area contributed by atoms with Crippen molar-refractivity contribution in [2.45, 2.75) is 39.5 Å². The Bertz CT molecular complexity index is 511.